The maximum atomic E-state index is 9.07. The molecule has 0 bridgehead atoms. The van der Waals surface area contributed by atoms with E-state index in [0.29, 0.717) is 0 Å². The molecule has 1 aliphatic carbocycles. The van der Waals surface area contributed by atoms with E-state index in [4.69, 9.17) is 5.11 Å². The lowest BCUT2D eigenvalue weighted by Crippen LogP contribution is -2.24. The van der Waals surface area contributed by atoms with Crippen molar-refractivity contribution in [3.63, 3.8) is 0 Å². The third-order valence-electron chi connectivity index (χ3n) is 3.59. The van der Waals surface area contributed by atoms with Gasteiger partial charge in [0.25, 0.3) is 0 Å². The smallest absolute Gasteiger partial charge is 0.0681 e. The lowest BCUT2D eigenvalue weighted by Gasteiger charge is -2.21. The number of nitrogens with zero attached hydrogens (tertiary/aromatic N) is 1. The summed E-state index contributed by atoms with van der Waals surface area (Å²) in [5.41, 5.74) is 2.32. The van der Waals surface area contributed by atoms with Crippen LogP contribution in [0.3, 0.4) is 0 Å². The average molecular weight is 273 g/mol. The maximum absolute atomic E-state index is 9.07. The van der Waals surface area contributed by atoms with Crippen molar-refractivity contribution in [3.05, 3.63) is 57.8 Å². The fourth-order valence-electron chi connectivity index (χ4n) is 2.34. The van der Waals surface area contributed by atoms with Gasteiger partial charge in [0.05, 0.1) is 6.61 Å². The summed E-state index contributed by atoms with van der Waals surface area (Å²) >= 11 is 1.84. The zero-order valence-electron chi connectivity index (χ0n) is 11.0. The topological polar surface area (TPSA) is 23.5 Å². The summed E-state index contributed by atoms with van der Waals surface area (Å²) in [5.74, 6) is 0. The van der Waals surface area contributed by atoms with E-state index < -0.39 is 0 Å². The molecule has 1 aliphatic rings. The molecule has 3 heteroatoms. The van der Waals surface area contributed by atoms with Crippen LogP contribution in [0.5, 0.6) is 0 Å². The molecule has 1 N–H and O–H groups in total. The molecule has 0 spiro atoms. The molecular weight excluding hydrogens is 254 g/mol. The fraction of sp³-hybridized carbons (Fsp3) is 0.375. The third-order valence-corrected chi connectivity index (χ3v) is 4.45. The van der Waals surface area contributed by atoms with Crippen molar-refractivity contribution in [2.45, 2.75) is 38.6 Å². The number of thiophene rings is 1. The summed E-state index contributed by atoms with van der Waals surface area (Å²) in [5, 5.41) is 11.2. The van der Waals surface area contributed by atoms with Crippen LogP contribution in [0.2, 0.25) is 0 Å². The van der Waals surface area contributed by atoms with Crippen LogP contribution < -0.4 is 0 Å². The summed E-state index contributed by atoms with van der Waals surface area (Å²) in [7, 11) is 0. The minimum Gasteiger partial charge on any atom is -0.392 e. The van der Waals surface area contributed by atoms with E-state index in [9.17, 15) is 0 Å². The first-order chi connectivity index (χ1) is 9.35. The van der Waals surface area contributed by atoms with Gasteiger partial charge in [0.1, 0.15) is 0 Å². The standard InChI is InChI=1S/C16H19NOS/c18-12-14-5-3-13(4-6-14)10-17(15-7-8-15)11-16-2-1-9-19-16/h1-6,9,15,18H,7-8,10-12H2. The van der Waals surface area contributed by atoms with Crippen LogP contribution in [0, 0.1) is 0 Å². The molecule has 1 aromatic heterocycles. The van der Waals surface area contributed by atoms with Gasteiger partial charge in [-0.15, -0.1) is 11.3 Å². The minimum atomic E-state index is 0.127. The van der Waals surface area contributed by atoms with E-state index in [1.807, 2.05) is 23.5 Å². The van der Waals surface area contributed by atoms with Crippen LogP contribution >= 0.6 is 11.3 Å². The second kappa shape index (κ2) is 5.87. The van der Waals surface area contributed by atoms with Crippen molar-refractivity contribution in [1.29, 1.82) is 0 Å². The fourth-order valence-corrected chi connectivity index (χ4v) is 3.07. The number of aliphatic hydroxyl groups is 1. The Balaban J connectivity index is 1.66. The largest absolute Gasteiger partial charge is 0.392 e. The van der Waals surface area contributed by atoms with Gasteiger partial charge in [-0.25, -0.2) is 0 Å². The quantitative estimate of drug-likeness (QED) is 0.872. The Hall–Kier alpha value is -1.16. The highest BCUT2D eigenvalue weighted by Gasteiger charge is 2.29. The highest BCUT2D eigenvalue weighted by molar-refractivity contribution is 7.09. The molecule has 1 heterocycles. The molecule has 0 amide bonds. The number of hydrogen-bond acceptors (Lipinski definition) is 3. The van der Waals surface area contributed by atoms with Gasteiger partial charge < -0.3 is 5.11 Å². The van der Waals surface area contributed by atoms with Crippen LogP contribution in [0.25, 0.3) is 0 Å². The molecule has 0 atom stereocenters. The first kappa shape index (κ1) is 12.9. The predicted molar refractivity (Wildman–Crippen MR) is 79.0 cm³/mol. The summed E-state index contributed by atoms with van der Waals surface area (Å²) in [6.45, 7) is 2.19. The van der Waals surface area contributed by atoms with Gasteiger partial charge in [-0.2, -0.15) is 0 Å². The van der Waals surface area contributed by atoms with E-state index in [1.165, 1.54) is 23.3 Å². The Labute approximate surface area is 118 Å². The highest BCUT2D eigenvalue weighted by Crippen LogP contribution is 2.30. The molecule has 0 unspecified atom stereocenters. The van der Waals surface area contributed by atoms with Crippen molar-refractivity contribution >= 4 is 11.3 Å². The molecule has 1 aromatic carbocycles. The van der Waals surface area contributed by atoms with Crippen LogP contribution in [-0.2, 0) is 19.7 Å². The zero-order valence-corrected chi connectivity index (χ0v) is 11.8. The minimum absolute atomic E-state index is 0.127. The van der Waals surface area contributed by atoms with Gasteiger partial charge in [0, 0.05) is 24.0 Å². The predicted octanol–water partition coefficient (Wildman–Crippen LogP) is 3.41. The van der Waals surface area contributed by atoms with Crippen LogP contribution in [0.4, 0.5) is 0 Å². The molecule has 0 radical (unpaired) electrons. The maximum Gasteiger partial charge on any atom is 0.0681 e. The Kier molecular flexibility index (Phi) is 3.97. The van der Waals surface area contributed by atoms with Gasteiger partial charge in [-0.05, 0) is 35.4 Å². The van der Waals surface area contributed by atoms with Gasteiger partial charge in [-0.3, -0.25) is 4.90 Å². The lowest BCUT2D eigenvalue weighted by molar-refractivity contribution is 0.248. The van der Waals surface area contributed by atoms with Crippen LogP contribution in [0.1, 0.15) is 28.8 Å². The molecule has 0 saturated heterocycles. The molecule has 19 heavy (non-hydrogen) atoms. The van der Waals surface area contributed by atoms with E-state index in [1.54, 1.807) is 0 Å². The summed E-state index contributed by atoms with van der Waals surface area (Å²) < 4.78 is 0. The zero-order chi connectivity index (χ0) is 13.1. The van der Waals surface area contributed by atoms with Crippen molar-refractivity contribution in [3.8, 4) is 0 Å². The van der Waals surface area contributed by atoms with E-state index in [0.717, 1.165) is 24.7 Å². The molecule has 3 rings (SSSR count). The van der Waals surface area contributed by atoms with Crippen molar-refractivity contribution in [2.24, 2.45) is 0 Å². The van der Waals surface area contributed by atoms with Crippen LogP contribution in [-0.4, -0.2) is 16.0 Å². The Morgan fingerprint density at radius 2 is 1.79 bits per heavy atom. The monoisotopic (exact) mass is 273 g/mol. The summed E-state index contributed by atoms with van der Waals surface area (Å²) in [4.78, 5) is 4.01. The van der Waals surface area contributed by atoms with E-state index in [2.05, 4.69) is 34.5 Å². The van der Waals surface area contributed by atoms with Crippen LogP contribution in [0.15, 0.2) is 41.8 Å². The van der Waals surface area contributed by atoms with Gasteiger partial charge in [-0.1, -0.05) is 30.3 Å². The second-order valence-electron chi connectivity index (χ2n) is 5.19. The Bertz CT molecular complexity index is 502. The van der Waals surface area contributed by atoms with Gasteiger partial charge in [0.15, 0.2) is 0 Å². The molecular formula is C16H19NOS. The average Bonchev–Trinajstić information content (AvgIpc) is 3.17. The molecule has 100 valence electrons. The first-order valence-corrected chi connectivity index (χ1v) is 7.68. The van der Waals surface area contributed by atoms with E-state index in [-0.39, 0.29) is 6.61 Å². The first-order valence-electron chi connectivity index (χ1n) is 6.80. The Morgan fingerprint density at radius 1 is 1.05 bits per heavy atom. The van der Waals surface area contributed by atoms with Gasteiger partial charge in [0.2, 0.25) is 0 Å². The molecule has 2 aromatic rings. The summed E-state index contributed by atoms with van der Waals surface area (Å²) in [6, 6.07) is 13.4. The molecule has 0 aliphatic heterocycles. The highest BCUT2D eigenvalue weighted by atomic mass is 32.1. The van der Waals surface area contributed by atoms with Gasteiger partial charge >= 0.3 is 0 Å². The van der Waals surface area contributed by atoms with E-state index >= 15 is 0 Å². The van der Waals surface area contributed by atoms with Crippen molar-refractivity contribution < 1.29 is 5.11 Å². The van der Waals surface area contributed by atoms with Crippen molar-refractivity contribution in [2.75, 3.05) is 0 Å². The number of rotatable bonds is 6. The molecule has 1 fully saturated rings. The second-order valence-corrected chi connectivity index (χ2v) is 6.22. The van der Waals surface area contributed by atoms with Crippen molar-refractivity contribution in [1.82, 2.24) is 4.90 Å². The lowest BCUT2D eigenvalue weighted by atomic mass is 10.1. The number of hydrogen-bond donors (Lipinski definition) is 1. The third kappa shape index (κ3) is 3.44. The normalized spacial score (nSPS) is 15.1. The summed E-state index contributed by atoms with van der Waals surface area (Å²) in [6.07, 6.45) is 2.67. The Morgan fingerprint density at radius 3 is 2.37 bits per heavy atom. The SMILES string of the molecule is OCc1ccc(CN(Cc2cccs2)C2CC2)cc1. The molecule has 1 saturated carbocycles. The molecule has 2 nitrogen and oxygen atoms in total. The number of aliphatic hydroxyl groups excluding tert-OH is 1. The number of benzene rings is 1.